The number of phenols is 2. The molecule has 1 aliphatic heterocycles. The second-order valence-electron chi connectivity index (χ2n) is 7.61. The van der Waals surface area contributed by atoms with Gasteiger partial charge in [0.2, 0.25) is 0 Å². The first kappa shape index (κ1) is 23.2. The fourth-order valence-electron chi connectivity index (χ4n) is 3.33. The number of aryl methyl sites for hydroxylation is 1. The van der Waals surface area contributed by atoms with Crippen molar-refractivity contribution in [1.82, 2.24) is 0 Å². The molecule has 3 rings (SSSR count). The predicted octanol–water partition coefficient (Wildman–Crippen LogP) is -0.182. The molecule has 170 valence electrons. The molecule has 6 N–H and O–H groups in total. The molecular weight excluding hydrogens is 412 g/mol. The second-order valence-corrected chi connectivity index (χ2v) is 7.61. The van der Waals surface area contributed by atoms with Crippen molar-refractivity contribution in [2.45, 2.75) is 51.0 Å². The predicted molar refractivity (Wildman–Crippen MR) is 108 cm³/mol. The lowest BCUT2D eigenvalue weighted by atomic mass is 9.99. The quantitative estimate of drug-likeness (QED) is 0.333. The van der Waals surface area contributed by atoms with Crippen LogP contribution in [0.2, 0.25) is 0 Å². The van der Waals surface area contributed by atoms with Crippen LogP contribution in [-0.4, -0.2) is 74.6 Å². The van der Waals surface area contributed by atoms with Gasteiger partial charge in [0.05, 0.1) is 24.9 Å². The van der Waals surface area contributed by atoms with Crippen molar-refractivity contribution in [1.29, 1.82) is 0 Å². The molecule has 0 unspecified atom stereocenters. The Kier molecular flexibility index (Phi) is 6.99. The van der Waals surface area contributed by atoms with E-state index in [0.717, 1.165) is 0 Å². The van der Waals surface area contributed by atoms with Gasteiger partial charge in [-0.15, -0.1) is 0 Å². The molecular formula is C21H26O10. The Morgan fingerprint density at radius 2 is 1.90 bits per heavy atom. The van der Waals surface area contributed by atoms with Gasteiger partial charge in [-0.3, -0.25) is 4.79 Å². The van der Waals surface area contributed by atoms with Gasteiger partial charge in [-0.1, -0.05) is 11.6 Å². The van der Waals surface area contributed by atoms with Crippen molar-refractivity contribution in [3.63, 3.8) is 0 Å². The molecule has 1 saturated heterocycles. The zero-order valence-electron chi connectivity index (χ0n) is 17.1. The first-order chi connectivity index (χ1) is 14.6. The van der Waals surface area contributed by atoms with E-state index < -0.39 is 37.3 Å². The molecule has 31 heavy (non-hydrogen) atoms. The van der Waals surface area contributed by atoms with E-state index in [9.17, 15) is 35.4 Å². The third-order valence-electron chi connectivity index (χ3n) is 5.27. The Balaban J connectivity index is 1.72. The maximum atomic E-state index is 12.2. The Hall–Kier alpha value is -2.47. The summed E-state index contributed by atoms with van der Waals surface area (Å²) in [7, 11) is 0. The summed E-state index contributed by atoms with van der Waals surface area (Å²) < 4.78 is 16.0. The number of aliphatic hydroxyl groups excluding tert-OH is 4. The Morgan fingerprint density at radius 1 is 1.19 bits per heavy atom. The summed E-state index contributed by atoms with van der Waals surface area (Å²) >= 11 is 0. The van der Waals surface area contributed by atoms with E-state index in [-0.39, 0.29) is 46.5 Å². The molecule has 1 fully saturated rings. The van der Waals surface area contributed by atoms with Gasteiger partial charge in [0.1, 0.15) is 30.2 Å². The van der Waals surface area contributed by atoms with Crippen molar-refractivity contribution in [2.75, 3.05) is 13.2 Å². The molecule has 10 nitrogen and oxygen atoms in total. The Labute approximate surface area is 177 Å². The van der Waals surface area contributed by atoms with Crippen molar-refractivity contribution >= 4 is 11.0 Å². The molecule has 1 aromatic heterocycles. The van der Waals surface area contributed by atoms with Gasteiger partial charge >= 0.3 is 0 Å². The lowest BCUT2D eigenvalue weighted by Crippen LogP contribution is -2.59. The molecule has 2 aromatic rings. The summed E-state index contributed by atoms with van der Waals surface area (Å²) in [6.45, 7) is 2.67. The maximum Gasteiger partial charge on any atom is 0.195 e. The topological polar surface area (TPSA) is 170 Å². The number of benzene rings is 1. The zero-order valence-corrected chi connectivity index (χ0v) is 17.1. The normalized spacial score (nSPS) is 27.0. The number of hydrogen-bond donors (Lipinski definition) is 6. The van der Waals surface area contributed by atoms with Gasteiger partial charge in [0, 0.05) is 11.1 Å². The standard InChI is InChI=1S/C21H26O10/c1-9(7-30-21-19(28)18(27)17(26)14(6-22)31-21)3-4-11-13(23)5-12-15(24)10(2)8-29-20(12)16(11)25/h3,5,8,14,17-19,21-23,25-28H,4,6-7H2,1-2H3/t14-,17-,18+,19-,21-/m1/s1. The third kappa shape index (κ3) is 4.59. The van der Waals surface area contributed by atoms with Crippen LogP contribution in [0.15, 0.2) is 33.2 Å². The van der Waals surface area contributed by atoms with E-state index in [2.05, 4.69) is 0 Å². The first-order valence-corrected chi connectivity index (χ1v) is 9.69. The van der Waals surface area contributed by atoms with Gasteiger partial charge in [0.25, 0.3) is 0 Å². The van der Waals surface area contributed by atoms with Crippen LogP contribution in [0.4, 0.5) is 0 Å². The zero-order chi connectivity index (χ0) is 22.9. The van der Waals surface area contributed by atoms with E-state index in [1.807, 2.05) is 0 Å². The van der Waals surface area contributed by atoms with E-state index in [1.165, 1.54) is 12.3 Å². The molecule has 10 heteroatoms. The molecule has 1 aliphatic rings. The van der Waals surface area contributed by atoms with Crippen molar-refractivity contribution < 1.29 is 44.5 Å². The fourth-order valence-corrected chi connectivity index (χ4v) is 3.33. The fraction of sp³-hybridized carbons (Fsp3) is 0.476. The summed E-state index contributed by atoms with van der Waals surface area (Å²) in [4.78, 5) is 12.2. The second kappa shape index (κ2) is 9.35. The van der Waals surface area contributed by atoms with E-state index in [0.29, 0.717) is 11.1 Å². The third-order valence-corrected chi connectivity index (χ3v) is 5.27. The van der Waals surface area contributed by atoms with Crippen LogP contribution < -0.4 is 5.43 Å². The van der Waals surface area contributed by atoms with Crippen LogP contribution >= 0.6 is 0 Å². The van der Waals surface area contributed by atoms with E-state index in [1.54, 1.807) is 19.9 Å². The number of fused-ring (bicyclic) bond motifs is 1. The molecule has 5 atom stereocenters. The number of allylic oxidation sites excluding steroid dienone is 1. The number of aromatic hydroxyl groups is 2. The van der Waals surface area contributed by atoms with Crippen LogP contribution in [0.5, 0.6) is 11.5 Å². The number of rotatable bonds is 6. The Bertz CT molecular complexity index is 1020. The molecule has 0 spiro atoms. The van der Waals surface area contributed by atoms with Crippen molar-refractivity contribution in [2.24, 2.45) is 0 Å². The van der Waals surface area contributed by atoms with Crippen molar-refractivity contribution in [3.8, 4) is 11.5 Å². The summed E-state index contributed by atoms with van der Waals surface area (Å²) in [6, 6.07) is 1.25. The minimum atomic E-state index is -1.54. The number of phenolic OH excluding ortho intramolecular Hbond substituents is 2. The molecule has 0 radical (unpaired) electrons. The smallest absolute Gasteiger partial charge is 0.195 e. The van der Waals surface area contributed by atoms with Crippen LogP contribution in [0.1, 0.15) is 18.1 Å². The lowest BCUT2D eigenvalue weighted by Gasteiger charge is -2.39. The van der Waals surface area contributed by atoms with Crippen LogP contribution in [0.3, 0.4) is 0 Å². The summed E-state index contributed by atoms with van der Waals surface area (Å²) in [6.07, 6.45) is -3.88. The minimum Gasteiger partial charge on any atom is -0.507 e. The largest absolute Gasteiger partial charge is 0.507 e. The van der Waals surface area contributed by atoms with Gasteiger partial charge in [-0.25, -0.2) is 0 Å². The first-order valence-electron chi connectivity index (χ1n) is 9.69. The van der Waals surface area contributed by atoms with Crippen LogP contribution in [0.25, 0.3) is 11.0 Å². The SMILES string of the molecule is CC(=CCc1c(O)cc2c(=O)c(C)coc2c1O)CO[C@@H]1O[C@H](CO)[C@@H](O)[C@H](O)[C@H]1O. The highest BCUT2D eigenvalue weighted by Gasteiger charge is 2.43. The highest BCUT2D eigenvalue weighted by atomic mass is 16.7. The van der Waals surface area contributed by atoms with Crippen molar-refractivity contribution in [3.05, 3.63) is 45.3 Å². The molecule has 0 saturated carbocycles. The summed E-state index contributed by atoms with van der Waals surface area (Å²) in [5, 5.41) is 59.6. The molecule has 2 heterocycles. The lowest BCUT2D eigenvalue weighted by molar-refractivity contribution is -0.299. The molecule has 0 bridgehead atoms. The maximum absolute atomic E-state index is 12.2. The summed E-state index contributed by atoms with van der Waals surface area (Å²) in [5.41, 5.74) is 0.776. The van der Waals surface area contributed by atoms with Crippen LogP contribution in [0, 0.1) is 6.92 Å². The number of hydrogen-bond acceptors (Lipinski definition) is 10. The van der Waals surface area contributed by atoms with Crippen LogP contribution in [-0.2, 0) is 15.9 Å². The summed E-state index contributed by atoms with van der Waals surface area (Å²) in [5.74, 6) is -0.604. The van der Waals surface area contributed by atoms with Gasteiger partial charge < -0.3 is 44.5 Å². The van der Waals surface area contributed by atoms with Gasteiger partial charge in [-0.2, -0.15) is 0 Å². The molecule has 0 aliphatic carbocycles. The number of ether oxygens (including phenoxy) is 2. The number of aliphatic hydroxyl groups is 4. The van der Waals surface area contributed by atoms with Gasteiger partial charge in [-0.05, 0) is 26.3 Å². The average Bonchev–Trinajstić information content (AvgIpc) is 2.74. The molecule has 1 aromatic carbocycles. The van der Waals surface area contributed by atoms with E-state index >= 15 is 0 Å². The minimum absolute atomic E-state index is 0.0213. The van der Waals surface area contributed by atoms with E-state index in [4.69, 9.17) is 13.9 Å². The monoisotopic (exact) mass is 438 g/mol. The average molecular weight is 438 g/mol. The van der Waals surface area contributed by atoms with Gasteiger partial charge in [0.15, 0.2) is 23.1 Å². The Morgan fingerprint density at radius 3 is 2.58 bits per heavy atom. The highest BCUT2D eigenvalue weighted by molar-refractivity contribution is 5.86. The molecule has 0 amide bonds. The highest BCUT2D eigenvalue weighted by Crippen LogP contribution is 2.35.